The van der Waals surface area contributed by atoms with Crippen molar-refractivity contribution in [2.45, 2.75) is 58.8 Å². The highest BCUT2D eigenvalue weighted by Crippen LogP contribution is 2.12. The predicted octanol–water partition coefficient (Wildman–Crippen LogP) is 2.71. The molecular formula is C15H30N2O. The lowest BCUT2D eigenvalue weighted by molar-refractivity contribution is -0.121. The highest BCUT2D eigenvalue weighted by molar-refractivity contribution is 5.76. The van der Waals surface area contributed by atoms with E-state index in [0.29, 0.717) is 12.3 Å². The number of nitrogens with one attached hydrogen (secondary N) is 2. The van der Waals surface area contributed by atoms with Crippen molar-refractivity contribution in [1.29, 1.82) is 0 Å². The smallest absolute Gasteiger partial charge is 0.220 e. The van der Waals surface area contributed by atoms with Crippen molar-refractivity contribution in [2.24, 2.45) is 11.8 Å². The van der Waals surface area contributed by atoms with E-state index in [1.165, 1.54) is 25.7 Å². The molecule has 0 aliphatic carbocycles. The van der Waals surface area contributed by atoms with Crippen molar-refractivity contribution in [3.05, 3.63) is 0 Å². The second-order valence-electron chi connectivity index (χ2n) is 6.01. The summed E-state index contributed by atoms with van der Waals surface area (Å²) in [5, 5.41) is 6.34. The molecule has 3 heteroatoms. The van der Waals surface area contributed by atoms with E-state index in [9.17, 15) is 4.79 Å². The summed E-state index contributed by atoms with van der Waals surface area (Å²) in [5.41, 5.74) is 0. The predicted molar refractivity (Wildman–Crippen MR) is 76.5 cm³/mol. The zero-order valence-corrected chi connectivity index (χ0v) is 12.1. The summed E-state index contributed by atoms with van der Waals surface area (Å²) in [6.45, 7) is 7.51. The van der Waals surface area contributed by atoms with Crippen LogP contribution >= 0.6 is 0 Å². The van der Waals surface area contributed by atoms with Gasteiger partial charge in [0.2, 0.25) is 5.91 Å². The Labute approximate surface area is 112 Å². The molecule has 0 bridgehead atoms. The lowest BCUT2D eigenvalue weighted by Crippen LogP contribution is -2.27. The first-order chi connectivity index (χ1) is 8.68. The first kappa shape index (κ1) is 15.5. The van der Waals surface area contributed by atoms with E-state index >= 15 is 0 Å². The van der Waals surface area contributed by atoms with Gasteiger partial charge in [0.25, 0.3) is 0 Å². The highest BCUT2D eigenvalue weighted by atomic mass is 16.1. The number of unbranched alkanes of at least 4 members (excludes halogenated alkanes) is 3. The molecule has 1 saturated heterocycles. The Morgan fingerprint density at radius 2 is 2.06 bits per heavy atom. The van der Waals surface area contributed by atoms with Crippen molar-refractivity contribution in [2.75, 3.05) is 19.6 Å². The number of rotatable bonds is 9. The normalized spacial score (nSPS) is 19.4. The standard InChI is InChI=1S/C15H30N2O/c1-13(2)7-5-3-4-6-9-17-15(18)11-14-8-10-16-12-14/h13-14,16H,3-12H2,1-2H3,(H,17,18). The van der Waals surface area contributed by atoms with E-state index in [1.54, 1.807) is 0 Å². The lowest BCUT2D eigenvalue weighted by Gasteiger charge is -2.09. The van der Waals surface area contributed by atoms with E-state index in [4.69, 9.17) is 0 Å². The van der Waals surface area contributed by atoms with Crippen LogP contribution in [0.4, 0.5) is 0 Å². The van der Waals surface area contributed by atoms with E-state index < -0.39 is 0 Å². The van der Waals surface area contributed by atoms with Gasteiger partial charge in [0.1, 0.15) is 0 Å². The number of carbonyl (C=O) groups is 1. The molecule has 1 heterocycles. The summed E-state index contributed by atoms with van der Waals surface area (Å²) in [5.74, 6) is 1.63. The first-order valence-electron chi connectivity index (χ1n) is 7.66. The fraction of sp³-hybridized carbons (Fsp3) is 0.933. The van der Waals surface area contributed by atoms with Crippen molar-refractivity contribution >= 4 is 5.91 Å². The molecular weight excluding hydrogens is 224 g/mol. The van der Waals surface area contributed by atoms with Crippen LogP contribution < -0.4 is 10.6 Å². The van der Waals surface area contributed by atoms with Crippen LogP contribution in [-0.4, -0.2) is 25.5 Å². The molecule has 0 saturated carbocycles. The van der Waals surface area contributed by atoms with Gasteiger partial charge in [0, 0.05) is 13.0 Å². The van der Waals surface area contributed by atoms with Gasteiger partial charge in [0.15, 0.2) is 0 Å². The molecule has 1 fully saturated rings. The summed E-state index contributed by atoms with van der Waals surface area (Å²) in [6.07, 6.45) is 8.22. The highest BCUT2D eigenvalue weighted by Gasteiger charge is 2.17. The Bertz CT molecular complexity index is 223. The quantitative estimate of drug-likeness (QED) is 0.621. The maximum Gasteiger partial charge on any atom is 0.220 e. The van der Waals surface area contributed by atoms with Crippen LogP contribution in [0.1, 0.15) is 58.8 Å². The largest absolute Gasteiger partial charge is 0.356 e. The molecule has 3 nitrogen and oxygen atoms in total. The number of carbonyl (C=O) groups excluding carboxylic acids is 1. The van der Waals surface area contributed by atoms with E-state index in [0.717, 1.165) is 38.4 Å². The van der Waals surface area contributed by atoms with Gasteiger partial charge >= 0.3 is 0 Å². The molecule has 1 aliphatic rings. The number of hydrogen-bond acceptors (Lipinski definition) is 2. The minimum Gasteiger partial charge on any atom is -0.356 e. The third kappa shape index (κ3) is 7.70. The Morgan fingerprint density at radius 1 is 1.28 bits per heavy atom. The minimum atomic E-state index is 0.242. The third-order valence-electron chi connectivity index (χ3n) is 3.67. The Balaban J connectivity index is 1.86. The average molecular weight is 254 g/mol. The monoisotopic (exact) mass is 254 g/mol. The lowest BCUT2D eigenvalue weighted by atomic mass is 10.0. The van der Waals surface area contributed by atoms with Crippen LogP contribution in [0.25, 0.3) is 0 Å². The summed E-state index contributed by atoms with van der Waals surface area (Å²) in [6, 6.07) is 0. The molecule has 0 aromatic heterocycles. The topological polar surface area (TPSA) is 41.1 Å². The second-order valence-corrected chi connectivity index (χ2v) is 6.01. The van der Waals surface area contributed by atoms with Gasteiger partial charge in [-0.3, -0.25) is 4.79 Å². The van der Waals surface area contributed by atoms with Gasteiger partial charge in [-0.15, -0.1) is 0 Å². The first-order valence-corrected chi connectivity index (χ1v) is 7.66. The van der Waals surface area contributed by atoms with E-state index in [2.05, 4.69) is 24.5 Å². The molecule has 18 heavy (non-hydrogen) atoms. The van der Waals surface area contributed by atoms with Gasteiger partial charge < -0.3 is 10.6 Å². The summed E-state index contributed by atoms with van der Waals surface area (Å²) < 4.78 is 0. The molecule has 0 spiro atoms. The zero-order chi connectivity index (χ0) is 13.2. The van der Waals surface area contributed by atoms with Gasteiger partial charge in [-0.2, -0.15) is 0 Å². The van der Waals surface area contributed by atoms with Crippen molar-refractivity contribution in [1.82, 2.24) is 10.6 Å². The molecule has 1 aliphatic heterocycles. The maximum atomic E-state index is 11.6. The van der Waals surface area contributed by atoms with Crippen LogP contribution in [0, 0.1) is 11.8 Å². The molecule has 1 rings (SSSR count). The summed E-state index contributed by atoms with van der Waals surface area (Å²) in [7, 11) is 0. The fourth-order valence-corrected chi connectivity index (χ4v) is 2.48. The van der Waals surface area contributed by atoms with Crippen molar-refractivity contribution in [3.63, 3.8) is 0 Å². The zero-order valence-electron chi connectivity index (χ0n) is 12.1. The Kier molecular flexibility index (Phi) is 8.06. The van der Waals surface area contributed by atoms with Crippen molar-refractivity contribution < 1.29 is 4.79 Å². The van der Waals surface area contributed by atoms with Crippen LogP contribution in [0.3, 0.4) is 0 Å². The summed E-state index contributed by atoms with van der Waals surface area (Å²) >= 11 is 0. The number of hydrogen-bond donors (Lipinski definition) is 2. The molecule has 0 radical (unpaired) electrons. The van der Waals surface area contributed by atoms with Gasteiger partial charge in [-0.1, -0.05) is 39.5 Å². The third-order valence-corrected chi connectivity index (χ3v) is 3.67. The minimum absolute atomic E-state index is 0.242. The molecule has 106 valence electrons. The van der Waals surface area contributed by atoms with Crippen LogP contribution in [-0.2, 0) is 4.79 Å². The van der Waals surface area contributed by atoms with E-state index in [1.807, 2.05) is 0 Å². The van der Waals surface area contributed by atoms with Crippen LogP contribution in [0.15, 0.2) is 0 Å². The van der Waals surface area contributed by atoms with Gasteiger partial charge in [0.05, 0.1) is 0 Å². The molecule has 1 atom stereocenters. The number of amides is 1. The van der Waals surface area contributed by atoms with Gasteiger partial charge in [-0.25, -0.2) is 0 Å². The van der Waals surface area contributed by atoms with Crippen LogP contribution in [0.2, 0.25) is 0 Å². The Hall–Kier alpha value is -0.570. The molecule has 2 N–H and O–H groups in total. The molecule has 0 aromatic rings. The maximum absolute atomic E-state index is 11.6. The molecule has 0 aromatic carbocycles. The summed E-state index contributed by atoms with van der Waals surface area (Å²) in [4.78, 5) is 11.6. The average Bonchev–Trinajstić information content (AvgIpc) is 2.80. The molecule has 1 unspecified atom stereocenters. The van der Waals surface area contributed by atoms with E-state index in [-0.39, 0.29) is 5.91 Å². The molecule has 1 amide bonds. The van der Waals surface area contributed by atoms with Gasteiger partial charge in [-0.05, 0) is 37.8 Å². The fourth-order valence-electron chi connectivity index (χ4n) is 2.48. The SMILES string of the molecule is CC(C)CCCCCCNC(=O)CC1CCNC1. The second kappa shape index (κ2) is 9.37. The van der Waals surface area contributed by atoms with Crippen molar-refractivity contribution in [3.8, 4) is 0 Å². The Morgan fingerprint density at radius 3 is 2.72 bits per heavy atom. The van der Waals surface area contributed by atoms with Crippen LogP contribution in [0.5, 0.6) is 0 Å².